The lowest BCUT2D eigenvalue weighted by molar-refractivity contribution is 0.0697. The van der Waals surface area contributed by atoms with E-state index >= 15 is 0 Å². The first-order chi connectivity index (χ1) is 8.57. The number of para-hydroxylation sites is 1. The van der Waals surface area contributed by atoms with Gasteiger partial charge >= 0.3 is 12.1 Å². The monoisotopic (exact) mass is 251 g/mol. The van der Waals surface area contributed by atoms with Crippen molar-refractivity contribution in [1.82, 2.24) is 0 Å². The Balaban J connectivity index is 2.98. The molecular weight excluding hydrogens is 234 g/mol. The molecule has 18 heavy (non-hydrogen) atoms. The Morgan fingerprint density at radius 1 is 1.17 bits per heavy atom. The Morgan fingerprint density at radius 2 is 1.83 bits per heavy atom. The first-order valence-corrected chi connectivity index (χ1v) is 5.90. The van der Waals surface area contributed by atoms with Crippen LogP contribution in [0.1, 0.15) is 36.5 Å². The Labute approximate surface area is 106 Å². The van der Waals surface area contributed by atoms with Gasteiger partial charge < -0.3 is 10.2 Å². The van der Waals surface area contributed by atoms with Crippen molar-refractivity contribution >= 4 is 17.7 Å². The number of rotatable bonds is 6. The zero-order valence-corrected chi connectivity index (χ0v) is 10.3. The fraction of sp³-hybridized carbons (Fsp3) is 0.385. The van der Waals surface area contributed by atoms with Gasteiger partial charge in [-0.05, 0) is 18.6 Å². The van der Waals surface area contributed by atoms with Gasteiger partial charge in [-0.25, -0.2) is 9.59 Å². The molecule has 0 heterocycles. The molecule has 1 aromatic rings. The smallest absolute Gasteiger partial charge is 0.411 e. The summed E-state index contributed by atoms with van der Waals surface area (Å²) >= 11 is 0. The molecule has 0 aromatic heterocycles. The van der Waals surface area contributed by atoms with Gasteiger partial charge in [0.05, 0.1) is 11.3 Å². The lowest BCUT2D eigenvalue weighted by atomic mass is 10.1. The predicted molar refractivity (Wildman–Crippen MR) is 68.3 cm³/mol. The summed E-state index contributed by atoms with van der Waals surface area (Å²) in [5.41, 5.74) is 0.241. The minimum atomic E-state index is -1.13. The predicted octanol–water partition coefficient (Wildman–Crippen LogP) is 3.06. The number of unbranched alkanes of at least 4 members (excludes halogenated alkanes) is 2. The summed E-state index contributed by atoms with van der Waals surface area (Å²) in [5, 5.41) is 18.2. The van der Waals surface area contributed by atoms with Crippen LogP contribution in [0.2, 0.25) is 0 Å². The number of carbonyl (C=O) groups is 2. The van der Waals surface area contributed by atoms with Gasteiger partial charge in [0.2, 0.25) is 0 Å². The molecule has 1 amide bonds. The average molecular weight is 251 g/mol. The van der Waals surface area contributed by atoms with Crippen LogP contribution in [0.15, 0.2) is 24.3 Å². The number of amides is 1. The Kier molecular flexibility index (Phi) is 5.17. The molecule has 0 aliphatic heterocycles. The standard InChI is InChI=1S/C13H17NO4/c1-2-3-6-9-14(13(17)18)11-8-5-4-7-10(11)12(15)16/h4-5,7-8H,2-3,6,9H2,1H3,(H,15,16)(H,17,18). The number of aromatic carboxylic acids is 1. The van der Waals surface area contributed by atoms with Crippen LogP contribution in [0.5, 0.6) is 0 Å². The van der Waals surface area contributed by atoms with Crippen LogP contribution in [-0.4, -0.2) is 28.8 Å². The van der Waals surface area contributed by atoms with E-state index in [0.717, 1.165) is 24.2 Å². The van der Waals surface area contributed by atoms with Crippen LogP contribution < -0.4 is 4.90 Å². The highest BCUT2D eigenvalue weighted by Gasteiger charge is 2.19. The van der Waals surface area contributed by atoms with E-state index in [4.69, 9.17) is 10.2 Å². The molecule has 5 heteroatoms. The van der Waals surface area contributed by atoms with Crippen LogP contribution in [0.25, 0.3) is 0 Å². The summed E-state index contributed by atoms with van der Waals surface area (Å²) < 4.78 is 0. The molecule has 0 atom stereocenters. The molecule has 0 aliphatic rings. The van der Waals surface area contributed by atoms with Crippen LogP contribution in [0.4, 0.5) is 10.5 Å². The van der Waals surface area contributed by atoms with E-state index in [1.807, 2.05) is 6.92 Å². The third kappa shape index (κ3) is 3.48. The van der Waals surface area contributed by atoms with Crippen LogP contribution in [0.3, 0.4) is 0 Å². The number of carboxylic acids is 1. The topological polar surface area (TPSA) is 77.8 Å². The first kappa shape index (κ1) is 14.0. The average Bonchev–Trinajstić information content (AvgIpc) is 2.34. The van der Waals surface area contributed by atoms with Gasteiger partial charge in [0.1, 0.15) is 0 Å². The molecule has 0 fully saturated rings. The Hall–Kier alpha value is -2.04. The van der Waals surface area contributed by atoms with Gasteiger partial charge in [0, 0.05) is 6.54 Å². The molecule has 2 N–H and O–H groups in total. The maximum Gasteiger partial charge on any atom is 0.411 e. The fourth-order valence-electron chi connectivity index (χ4n) is 1.73. The number of nitrogens with zero attached hydrogens (tertiary/aromatic N) is 1. The SMILES string of the molecule is CCCCCN(C(=O)O)c1ccccc1C(=O)O. The van der Waals surface area contributed by atoms with E-state index < -0.39 is 12.1 Å². The minimum absolute atomic E-state index is 0.0106. The van der Waals surface area contributed by atoms with Crippen molar-refractivity contribution < 1.29 is 19.8 Å². The second-order valence-corrected chi connectivity index (χ2v) is 3.96. The highest BCUT2D eigenvalue weighted by molar-refractivity contribution is 5.99. The molecule has 0 unspecified atom stereocenters. The lowest BCUT2D eigenvalue weighted by Crippen LogP contribution is -2.31. The Bertz CT molecular complexity index is 431. The summed E-state index contributed by atoms with van der Waals surface area (Å²) in [6.07, 6.45) is 1.49. The van der Waals surface area contributed by atoms with Crippen molar-refractivity contribution in [2.45, 2.75) is 26.2 Å². The molecule has 5 nitrogen and oxygen atoms in total. The molecular formula is C13H17NO4. The minimum Gasteiger partial charge on any atom is -0.478 e. The maximum atomic E-state index is 11.2. The molecule has 0 aliphatic carbocycles. The third-order valence-corrected chi connectivity index (χ3v) is 2.64. The van der Waals surface area contributed by atoms with E-state index in [0.29, 0.717) is 6.54 Å². The summed E-state index contributed by atoms with van der Waals surface area (Å²) in [6.45, 7) is 2.34. The van der Waals surface area contributed by atoms with Crippen molar-refractivity contribution in [2.75, 3.05) is 11.4 Å². The zero-order valence-electron chi connectivity index (χ0n) is 10.3. The molecule has 98 valence electrons. The highest BCUT2D eigenvalue weighted by Crippen LogP contribution is 2.21. The second kappa shape index (κ2) is 6.64. The summed E-state index contributed by atoms with van der Waals surface area (Å²) in [4.78, 5) is 23.4. The largest absolute Gasteiger partial charge is 0.478 e. The molecule has 0 saturated carbocycles. The molecule has 1 rings (SSSR count). The van der Waals surface area contributed by atoms with Gasteiger partial charge in [-0.2, -0.15) is 0 Å². The van der Waals surface area contributed by atoms with Gasteiger partial charge in [0.25, 0.3) is 0 Å². The van der Waals surface area contributed by atoms with Gasteiger partial charge in [0.15, 0.2) is 0 Å². The fourth-order valence-corrected chi connectivity index (χ4v) is 1.73. The summed E-state index contributed by atoms with van der Waals surface area (Å²) in [5.74, 6) is -1.12. The number of carboxylic acid groups (broad SMARTS) is 2. The number of anilines is 1. The molecule has 0 radical (unpaired) electrons. The molecule has 0 spiro atoms. The van der Waals surface area contributed by atoms with Crippen molar-refractivity contribution in [3.63, 3.8) is 0 Å². The van der Waals surface area contributed by atoms with E-state index in [-0.39, 0.29) is 11.3 Å². The van der Waals surface area contributed by atoms with E-state index in [2.05, 4.69) is 0 Å². The maximum absolute atomic E-state index is 11.2. The quantitative estimate of drug-likeness (QED) is 0.762. The van der Waals surface area contributed by atoms with Gasteiger partial charge in [-0.3, -0.25) is 4.90 Å². The number of hydrogen-bond donors (Lipinski definition) is 2. The van der Waals surface area contributed by atoms with Crippen molar-refractivity contribution in [3.8, 4) is 0 Å². The van der Waals surface area contributed by atoms with E-state index in [1.165, 1.54) is 12.1 Å². The first-order valence-electron chi connectivity index (χ1n) is 5.90. The zero-order chi connectivity index (χ0) is 13.5. The van der Waals surface area contributed by atoms with Crippen molar-refractivity contribution in [3.05, 3.63) is 29.8 Å². The highest BCUT2D eigenvalue weighted by atomic mass is 16.4. The van der Waals surface area contributed by atoms with Gasteiger partial charge in [-0.1, -0.05) is 31.9 Å². The number of benzene rings is 1. The van der Waals surface area contributed by atoms with Crippen molar-refractivity contribution in [2.24, 2.45) is 0 Å². The normalized spacial score (nSPS) is 10.1. The van der Waals surface area contributed by atoms with E-state index in [9.17, 15) is 9.59 Å². The van der Waals surface area contributed by atoms with Crippen molar-refractivity contribution in [1.29, 1.82) is 0 Å². The van der Waals surface area contributed by atoms with Crippen LogP contribution in [0, 0.1) is 0 Å². The number of hydrogen-bond acceptors (Lipinski definition) is 2. The van der Waals surface area contributed by atoms with Crippen LogP contribution in [-0.2, 0) is 0 Å². The molecule has 1 aromatic carbocycles. The summed E-state index contributed by atoms with van der Waals surface area (Å²) in [6, 6.07) is 6.15. The Morgan fingerprint density at radius 3 is 2.39 bits per heavy atom. The molecule has 0 bridgehead atoms. The van der Waals surface area contributed by atoms with Crippen LogP contribution >= 0.6 is 0 Å². The molecule has 0 saturated heterocycles. The lowest BCUT2D eigenvalue weighted by Gasteiger charge is -2.20. The van der Waals surface area contributed by atoms with Gasteiger partial charge in [-0.15, -0.1) is 0 Å². The summed E-state index contributed by atoms with van der Waals surface area (Å²) in [7, 11) is 0. The van der Waals surface area contributed by atoms with E-state index in [1.54, 1.807) is 12.1 Å². The third-order valence-electron chi connectivity index (χ3n) is 2.64. The second-order valence-electron chi connectivity index (χ2n) is 3.96.